The predicted octanol–water partition coefficient (Wildman–Crippen LogP) is 2.66. The number of hydrogen-bond acceptors (Lipinski definition) is 2. The van der Waals surface area contributed by atoms with Gasteiger partial charge in [0.05, 0.1) is 14.7 Å². The third-order valence-corrected chi connectivity index (χ3v) is 2.99. The van der Waals surface area contributed by atoms with Gasteiger partial charge >= 0.3 is 0 Å². The molecule has 0 fully saturated rings. The molecule has 1 rings (SSSR count). The molecule has 1 nitrogen and oxygen atoms in total. The van der Waals surface area contributed by atoms with Crippen LogP contribution in [0.15, 0.2) is 9.85 Å². The summed E-state index contributed by atoms with van der Waals surface area (Å²) in [6.45, 7) is 0.0454. The second-order valence-corrected chi connectivity index (χ2v) is 4.51. The van der Waals surface area contributed by atoms with Crippen molar-refractivity contribution in [3.63, 3.8) is 0 Å². The number of rotatable bonds is 1. The second kappa shape index (κ2) is 3.01. The van der Waals surface area contributed by atoms with E-state index in [-0.39, 0.29) is 6.61 Å². The third kappa shape index (κ3) is 1.67. The van der Waals surface area contributed by atoms with Gasteiger partial charge in [-0.2, -0.15) is 0 Å². The highest BCUT2D eigenvalue weighted by molar-refractivity contribution is 9.11. The molecule has 0 aromatic carbocycles. The molecule has 0 saturated heterocycles. The topological polar surface area (TPSA) is 20.2 Å². The zero-order valence-electron chi connectivity index (χ0n) is 4.40. The third-order valence-electron chi connectivity index (χ3n) is 0.898. The van der Waals surface area contributed by atoms with Crippen molar-refractivity contribution in [2.75, 3.05) is 0 Å². The fraction of sp³-hybridized carbons (Fsp3) is 0.200. The van der Waals surface area contributed by atoms with Crippen LogP contribution < -0.4 is 0 Å². The second-order valence-electron chi connectivity index (χ2n) is 1.51. The molecule has 0 bridgehead atoms. The standard InChI is InChI=1S/C5H4BrClOS/c6-5-3(2-8)1-4(7)9-5/h1,8H,2H2. The molecule has 0 saturated carbocycles. The van der Waals surface area contributed by atoms with Gasteiger partial charge in [-0.1, -0.05) is 11.6 Å². The Morgan fingerprint density at radius 2 is 2.44 bits per heavy atom. The number of hydrogen-bond donors (Lipinski definition) is 1. The molecule has 0 atom stereocenters. The number of aliphatic hydroxyl groups is 1. The first-order valence-corrected chi connectivity index (χ1v) is 4.27. The Bertz CT molecular complexity index is 211. The highest BCUT2D eigenvalue weighted by Gasteiger charge is 2.01. The molecule has 0 amide bonds. The molecule has 9 heavy (non-hydrogen) atoms. The van der Waals surface area contributed by atoms with Crippen molar-refractivity contribution in [1.29, 1.82) is 0 Å². The summed E-state index contributed by atoms with van der Waals surface area (Å²) in [6, 6.07) is 1.75. The van der Waals surface area contributed by atoms with Crippen LogP contribution in [0.5, 0.6) is 0 Å². The molecule has 0 aliphatic heterocycles. The summed E-state index contributed by atoms with van der Waals surface area (Å²) < 4.78 is 1.61. The maximum atomic E-state index is 8.65. The zero-order valence-corrected chi connectivity index (χ0v) is 7.55. The van der Waals surface area contributed by atoms with Crippen LogP contribution in [0.3, 0.4) is 0 Å². The van der Waals surface area contributed by atoms with Gasteiger partial charge in [-0.25, -0.2) is 0 Å². The highest BCUT2D eigenvalue weighted by atomic mass is 79.9. The molecule has 1 aromatic rings. The molecule has 4 heteroatoms. The largest absolute Gasteiger partial charge is 0.392 e. The van der Waals surface area contributed by atoms with E-state index in [4.69, 9.17) is 16.7 Å². The lowest BCUT2D eigenvalue weighted by atomic mass is 10.4. The van der Waals surface area contributed by atoms with Crippen LogP contribution in [0.2, 0.25) is 4.34 Å². The molecule has 0 aliphatic carbocycles. The van der Waals surface area contributed by atoms with Crippen molar-refractivity contribution in [2.24, 2.45) is 0 Å². The van der Waals surface area contributed by atoms with Crippen molar-refractivity contribution >= 4 is 38.9 Å². The summed E-state index contributed by atoms with van der Waals surface area (Å²) in [5, 5.41) is 8.65. The minimum Gasteiger partial charge on any atom is -0.392 e. The van der Waals surface area contributed by atoms with Crippen LogP contribution >= 0.6 is 38.9 Å². The van der Waals surface area contributed by atoms with Gasteiger partial charge in [0.25, 0.3) is 0 Å². The molecule has 50 valence electrons. The molecular formula is C5H4BrClOS. The molecule has 0 radical (unpaired) electrons. The average molecular weight is 228 g/mol. The fourth-order valence-electron chi connectivity index (χ4n) is 0.482. The molecule has 0 unspecified atom stereocenters. The van der Waals surface area contributed by atoms with E-state index >= 15 is 0 Å². The van der Waals surface area contributed by atoms with Gasteiger partial charge < -0.3 is 5.11 Å². The van der Waals surface area contributed by atoms with E-state index in [0.717, 1.165) is 9.35 Å². The van der Waals surface area contributed by atoms with Crippen LogP contribution in [-0.4, -0.2) is 5.11 Å². The van der Waals surface area contributed by atoms with E-state index in [0.29, 0.717) is 4.34 Å². The van der Waals surface area contributed by atoms with Crippen molar-refractivity contribution in [3.8, 4) is 0 Å². The van der Waals surface area contributed by atoms with Crippen molar-refractivity contribution < 1.29 is 5.11 Å². The Balaban J connectivity index is 3.01. The minimum absolute atomic E-state index is 0.0454. The summed E-state index contributed by atoms with van der Waals surface area (Å²) in [5.74, 6) is 0. The number of aliphatic hydroxyl groups excluding tert-OH is 1. The number of thiophene rings is 1. The first kappa shape index (κ1) is 7.54. The monoisotopic (exact) mass is 226 g/mol. The van der Waals surface area contributed by atoms with Crippen LogP contribution in [0, 0.1) is 0 Å². The van der Waals surface area contributed by atoms with Crippen molar-refractivity contribution in [3.05, 3.63) is 19.8 Å². The van der Waals surface area contributed by atoms with E-state index in [1.807, 2.05) is 0 Å². The normalized spacial score (nSPS) is 10.1. The Kier molecular flexibility index (Phi) is 2.52. The summed E-state index contributed by atoms with van der Waals surface area (Å²) in [7, 11) is 0. The summed E-state index contributed by atoms with van der Waals surface area (Å²) in [5.41, 5.74) is 0.852. The van der Waals surface area contributed by atoms with E-state index in [1.165, 1.54) is 11.3 Å². The lowest BCUT2D eigenvalue weighted by Gasteiger charge is -1.85. The molecule has 0 spiro atoms. The zero-order chi connectivity index (χ0) is 6.85. The summed E-state index contributed by atoms with van der Waals surface area (Å²) in [4.78, 5) is 0. The lowest BCUT2D eigenvalue weighted by Crippen LogP contribution is -1.75. The van der Waals surface area contributed by atoms with Crippen molar-refractivity contribution in [1.82, 2.24) is 0 Å². The summed E-state index contributed by atoms with van der Waals surface area (Å²) >= 11 is 10.3. The first-order chi connectivity index (χ1) is 4.24. The maximum absolute atomic E-state index is 8.65. The van der Waals surface area contributed by atoms with Crippen molar-refractivity contribution in [2.45, 2.75) is 6.61 Å². The van der Waals surface area contributed by atoms with Gasteiger partial charge in [-0.15, -0.1) is 11.3 Å². The Morgan fingerprint density at radius 1 is 1.78 bits per heavy atom. The van der Waals surface area contributed by atoms with Crippen LogP contribution in [0.4, 0.5) is 0 Å². The lowest BCUT2D eigenvalue weighted by molar-refractivity contribution is 0.281. The van der Waals surface area contributed by atoms with E-state index < -0.39 is 0 Å². The minimum atomic E-state index is 0.0454. The highest BCUT2D eigenvalue weighted by Crippen LogP contribution is 2.31. The Hall–Kier alpha value is 0.430. The average Bonchev–Trinajstić information content (AvgIpc) is 2.10. The SMILES string of the molecule is OCc1cc(Cl)sc1Br. The van der Waals surface area contributed by atoms with E-state index in [1.54, 1.807) is 6.07 Å². The predicted molar refractivity (Wildman–Crippen MR) is 43.0 cm³/mol. The molecule has 1 N–H and O–H groups in total. The smallest absolute Gasteiger partial charge is 0.0944 e. The fourth-order valence-corrected chi connectivity index (χ4v) is 2.51. The van der Waals surface area contributed by atoms with Gasteiger partial charge in [-0.05, 0) is 22.0 Å². The molecular weight excluding hydrogens is 223 g/mol. The van der Waals surface area contributed by atoms with Crippen LogP contribution in [0.1, 0.15) is 5.56 Å². The first-order valence-electron chi connectivity index (χ1n) is 2.28. The van der Waals surface area contributed by atoms with Gasteiger partial charge in [-0.3, -0.25) is 0 Å². The van der Waals surface area contributed by atoms with Gasteiger partial charge in [0.15, 0.2) is 0 Å². The molecule has 1 heterocycles. The molecule has 0 aliphatic rings. The van der Waals surface area contributed by atoms with Crippen LogP contribution in [-0.2, 0) is 6.61 Å². The molecule has 1 aromatic heterocycles. The van der Waals surface area contributed by atoms with E-state index in [9.17, 15) is 0 Å². The Morgan fingerprint density at radius 3 is 2.67 bits per heavy atom. The summed E-state index contributed by atoms with van der Waals surface area (Å²) in [6.07, 6.45) is 0. The van der Waals surface area contributed by atoms with Crippen LogP contribution in [0.25, 0.3) is 0 Å². The number of halogens is 2. The Labute approximate surface area is 70.4 Å². The van der Waals surface area contributed by atoms with E-state index in [2.05, 4.69) is 15.9 Å². The van der Waals surface area contributed by atoms with Gasteiger partial charge in [0, 0.05) is 5.56 Å². The van der Waals surface area contributed by atoms with Gasteiger partial charge in [0.1, 0.15) is 0 Å². The quantitative estimate of drug-likeness (QED) is 0.782. The maximum Gasteiger partial charge on any atom is 0.0944 e. The van der Waals surface area contributed by atoms with Gasteiger partial charge in [0.2, 0.25) is 0 Å².